The number of hydrogen-bond donors (Lipinski definition) is 1. The average Bonchev–Trinajstić information content (AvgIpc) is 2.27. The summed E-state index contributed by atoms with van der Waals surface area (Å²) < 4.78 is 22.2. The number of carbonyl (C=O) groups is 1. The molecule has 1 aliphatic heterocycles. The van der Waals surface area contributed by atoms with Crippen molar-refractivity contribution in [2.75, 3.05) is 13.1 Å². The van der Waals surface area contributed by atoms with Gasteiger partial charge in [0.15, 0.2) is 0 Å². The summed E-state index contributed by atoms with van der Waals surface area (Å²) in [4.78, 5) is 13.1. The van der Waals surface area contributed by atoms with Crippen LogP contribution in [0.3, 0.4) is 0 Å². The molecule has 1 heterocycles. The monoisotopic (exact) mass is 234 g/mol. The first-order valence-corrected chi connectivity index (χ1v) is 6.50. The highest BCUT2D eigenvalue weighted by molar-refractivity contribution is 7.89. The quantitative estimate of drug-likeness (QED) is 0.725. The third-order valence-electron chi connectivity index (χ3n) is 2.31. The molecular weight excluding hydrogens is 216 g/mol. The van der Waals surface area contributed by atoms with Gasteiger partial charge in [-0.05, 0) is 5.41 Å². The molecule has 1 amide bonds. The Bertz CT molecular complexity index is 356. The number of nitrogens with zero attached hydrogens (tertiary/aromatic N) is 1. The molecule has 0 saturated carbocycles. The highest BCUT2D eigenvalue weighted by Crippen LogP contribution is 2.22. The number of primary sulfonamides is 1. The molecule has 0 bridgehead atoms. The highest BCUT2D eigenvalue weighted by Gasteiger charge is 2.37. The van der Waals surface area contributed by atoms with Crippen LogP contribution in [0.4, 0.5) is 0 Å². The van der Waals surface area contributed by atoms with Gasteiger partial charge in [-0.3, -0.25) is 4.79 Å². The lowest BCUT2D eigenvalue weighted by atomic mass is 9.96. The topological polar surface area (TPSA) is 80.5 Å². The standard InChI is InChI=1S/C9H18N2O3S/c1-9(2,3)6-11-5-7(4-8(11)12)15(10,13)14/h7H,4-6H2,1-3H3,(H2,10,13,14). The van der Waals surface area contributed by atoms with Crippen molar-refractivity contribution in [2.24, 2.45) is 10.6 Å². The smallest absolute Gasteiger partial charge is 0.224 e. The largest absolute Gasteiger partial charge is 0.341 e. The van der Waals surface area contributed by atoms with Crippen LogP contribution in [0, 0.1) is 5.41 Å². The summed E-state index contributed by atoms with van der Waals surface area (Å²) in [5.41, 5.74) is -0.0249. The maximum Gasteiger partial charge on any atom is 0.224 e. The van der Waals surface area contributed by atoms with E-state index in [1.54, 1.807) is 4.90 Å². The number of amides is 1. The van der Waals surface area contributed by atoms with Gasteiger partial charge >= 0.3 is 0 Å². The van der Waals surface area contributed by atoms with E-state index in [0.29, 0.717) is 6.54 Å². The van der Waals surface area contributed by atoms with Gasteiger partial charge in [-0.15, -0.1) is 0 Å². The Morgan fingerprint density at radius 2 is 2.00 bits per heavy atom. The third-order valence-corrected chi connectivity index (χ3v) is 3.55. The van der Waals surface area contributed by atoms with Gasteiger partial charge in [0.1, 0.15) is 5.25 Å². The first kappa shape index (κ1) is 12.4. The van der Waals surface area contributed by atoms with E-state index >= 15 is 0 Å². The lowest BCUT2D eigenvalue weighted by Crippen LogP contribution is -2.36. The summed E-state index contributed by atoms with van der Waals surface area (Å²) in [6, 6.07) is 0. The minimum absolute atomic E-state index is 0.0227. The zero-order valence-corrected chi connectivity index (χ0v) is 10.2. The van der Waals surface area contributed by atoms with E-state index in [1.807, 2.05) is 20.8 Å². The van der Waals surface area contributed by atoms with Gasteiger partial charge in [0, 0.05) is 19.5 Å². The van der Waals surface area contributed by atoms with E-state index in [9.17, 15) is 13.2 Å². The molecule has 0 aromatic carbocycles. The second-order valence-electron chi connectivity index (χ2n) is 5.25. The predicted molar refractivity (Wildman–Crippen MR) is 57.5 cm³/mol. The molecule has 6 heteroatoms. The Labute approximate surface area is 90.7 Å². The summed E-state index contributed by atoms with van der Waals surface area (Å²) in [7, 11) is -3.59. The molecule has 1 unspecified atom stereocenters. The van der Waals surface area contributed by atoms with E-state index in [0.717, 1.165) is 0 Å². The van der Waals surface area contributed by atoms with Gasteiger partial charge in [-0.1, -0.05) is 20.8 Å². The van der Waals surface area contributed by atoms with Crippen molar-refractivity contribution in [3.8, 4) is 0 Å². The fourth-order valence-corrected chi connectivity index (χ4v) is 2.44. The molecule has 5 nitrogen and oxygen atoms in total. The Morgan fingerprint density at radius 3 is 2.33 bits per heavy atom. The van der Waals surface area contributed by atoms with Crippen LogP contribution in [0.25, 0.3) is 0 Å². The molecular formula is C9H18N2O3S. The molecule has 15 heavy (non-hydrogen) atoms. The lowest BCUT2D eigenvalue weighted by molar-refractivity contribution is -0.128. The Balaban J connectivity index is 2.70. The van der Waals surface area contributed by atoms with Crippen molar-refractivity contribution in [3.63, 3.8) is 0 Å². The van der Waals surface area contributed by atoms with E-state index in [2.05, 4.69) is 0 Å². The van der Waals surface area contributed by atoms with Crippen LogP contribution in [-0.4, -0.2) is 37.6 Å². The average molecular weight is 234 g/mol. The molecule has 0 aromatic rings. The molecule has 1 atom stereocenters. The molecule has 1 saturated heterocycles. The second-order valence-corrected chi connectivity index (χ2v) is 7.09. The summed E-state index contributed by atoms with van der Waals surface area (Å²) >= 11 is 0. The molecule has 1 rings (SSSR count). The van der Waals surface area contributed by atoms with E-state index in [4.69, 9.17) is 5.14 Å². The highest BCUT2D eigenvalue weighted by atomic mass is 32.2. The number of sulfonamides is 1. The normalized spacial score (nSPS) is 23.6. The molecule has 0 aromatic heterocycles. The van der Waals surface area contributed by atoms with Crippen LogP contribution in [0.1, 0.15) is 27.2 Å². The second kappa shape index (κ2) is 3.75. The molecule has 0 radical (unpaired) electrons. The van der Waals surface area contributed by atoms with Gasteiger partial charge in [0.2, 0.25) is 15.9 Å². The number of rotatable bonds is 2. The van der Waals surface area contributed by atoms with Gasteiger partial charge < -0.3 is 4.90 Å². The molecule has 1 fully saturated rings. The van der Waals surface area contributed by atoms with Crippen molar-refractivity contribution in [3.05, 3.63) is 0 Å². The van der Waals surface area contributed by atoms with Crippen LogP contribution < -0.4 is 5.14 Å². The maximum absolute atomic E-state index is 11.5. The minimum Gasteiger partial charge on any atom is -0.341 e. The van der Waals surface area contributed by atoms with Crippen LogP contribution in [0.15, 0.2) is 0 Å². The van der Waals surface area contributed by atoms with Crippen molar-refractivity contribution in [1.29, 1.82) is 0 Å². The zero-order chi connectivity index (χ0) is 11.9. The number of nitrogens with two attached hydrogens (primary N) is 1. The fraction of sp³-hybridized carbons (Fsp3) is 0.889. The van der Waals surface area contributed by atoms with Crippen molar-refractivity contribution in [2.45, 2.75) is 32.4 Å². The Hall–Kier alpha value is -0.620. The third kappa shape index (κ3) is 3.46. The van der Waals surface area contributed by atoms with E-state index < -0.39 is 15.3 Å². The predicted octanol–water partition coefficient (Wildman–Crippen LogP) is -0.0781. The minimum atomic E-state index is -3.59. The SMILES string of the molecule is CC(C)(C)CN1CC(S(N)(=O)=O)CC1=O. The van der Waals surface area contributed by atoms with Crippen LogP contribution in [0.5, 0.6) is 0 Å². The summed E-state index contributed by atoms with van der Waals surface area (Å²) in [6.07, 6.45) is 0.0227. The first-order valence-electron chi connectivity index (χ1n) is 4.89. The number of hydrogen-bond acceptors (Lipinski definition) is 3. The van der Waals surface area contributed by atoms with Crippen molar-refractivity contribution in [1.82, 2.24) is 4.90 Å². The van der Waals surface area contributed by atoms with Gasteiger partial charge in [0.25, 0.3) is 0 Å². The molecule has 0 spiro atoms. The molecule has 0 aliphatic carbocycles. The van der Waals surface area contributed by atoms with Gasteiger partial charge in [-0.2, -0.15) is 0 Å². The fourth-order valence-electron chi connectivity index (χ4n) is 1.68. The van der Waals surface area contributed by atoms with Gasteiger partial charge in [0.05, 0.1) is 0 Å². The van der Waals surface area contributed by atoms with E-state index in [1.165, 1.54) is 0 Å². The maximum atomic E-state index is 11.5. The Morgan fingerprint density at radius 1 is 1.47 bits per heavy atom. The number of carbonyl (C=O) groups excluding carboxylic acids is 1. The number of likely N-dealkylation sites (tertiary alicyclic amines) is 1. The first-order chi connectivity index (χ1) is 6.59. The lowest BCUT2D eigenvalue weighted by Gasteiger charge is -2.26. The Kier molecular flexibility index (Phi) is 3.11. The van der Waals surface area contributed by atoms with Crippen LogP contribution >= 0.6 is 0 Å². The zero-order valence-electron chi connectivity index (χ0n) is 9.36. The van der Waals surface area contributed by atoms with Crippen molar-refractivity contribution >= 4 is 15.9 Å². The van der Waals surface area contributed by atoms with Crippen molar-refractivity contribution < 1.29 is 13.2 Å². The molecule has 2 N–H and O–H groups in total. The summed E-state index contributed by atoms with van der Waals surface area (Å²) in [5, 5.41) is 4.29. The summed E-state index contributed by atoms with van der Waals surface area (Å²) in [6.45, 7) is 6.81. The van der Waals surface area contributed by atoms with Gasteiger partial charge in [-0.25, -0.2) is 13.6 Å². The molecule has 88 valence electrons. The summed E-state index contributed by atoms with van der Waals surface area (Å²) in [5.74, 6) is -0.121. The van der Waals surface area contributed by atoms with Crippen LogP contribution in [0.2, 0.25) is 0 Å². The van der Waals surface area contributed by atoms with Crippen LogP contribution in [-0.2, 0) is 14.8 Å². The molecule has 1 aliphatic rings. The van der Waals surface area contributed by atoms with E-state index in [-0.39, 0.29) is 24.3 Å².